The summed E-state index contributed by atoms with van der Waals surface area (Å²) in [5.74, 6) is 5.97. The second-order valence-electron chi connectivity index (χ2n) is 8.68. The number of nitrogens with zero attached hydrogens (tertiary/aromatic N) is 5. The second kappa shape index (κ2) is 9.60. The van der Waals surface area contributed by atoms with Crippen LogP contribution >= 0.6 is 0 Å². The molecule has 39 heavy (non-hydrogen) atoms. The van der Waals surface area contributed by atoms with Crippen LogP contribution in [0.1, 0.15) is 40.4 Å². The number of nitrogens with one attached hydrogen (secondary N) is 2. The van der Waals surface area contributed by atoms with E-state index in [9.17, 15) is 9.59 Å². The molecule has 1 unspecified atom stereocenters. The third kappa shape index (κ3) is 4.25. The number of anilines is 1. The molecule has 11 nitrogen and oxygen atoms in total. The molecule has 6 aromatic rings. The fourth-order valence-electron chi connectivity index (χ4n) is 4.38. The van der Waals surface area contributed by atoms with Gasteiger partial charge in [0.2, 0.25) is 0 Å². The van der Waals surface area contributed by atoms with Crippen LogP contribution in [-0.4, -0.2) is 30.5 Å². The molecule has 11 heteroatoms. The second-order valence-corrected chi connectivity index (χ2v) is 8.68. The van der Waals surface area contributed by atoms with Crippen molar-refractivity contribution in [3.8, 4) is 17.5 Å². The molecule has 2 aromatic carbocycles. The summed E-state index contributed by atoms with van der Waals surface area (Å²) < 4.78 is 8.03. The molecule has 4 N–H and O–H groups in total. The first kappa shape index (κ1) is 23.6. The number of hydrogen-bond acceptors (Lipinski definition) is 7. The zero-order valence-corrected chi connectivity index (χ0v) is 20.6. The van der Waals surface area contributed by atoms with Gasteiger partial charge in [0.25, 0.3) is 11.5 Å². The summed E-state index contributed by atoms with van der Waals surface area (Å²) in [5.41, 5.74) is 8.33. The zero-order chi connectivity index (χ0) is 26.9. The van der Waals surface area contributed by atoms with E-state index < -0.39 is 11.9 Å². The lowest BCUT2D eigenvalue weighted by atomic mass is 10.1. The third-order valence-electron chi connectivity index (χ3n) is 6.14. The van der Waals surface area contributed by atoms with Gasteiger partial charge >= 0.3 is 5.65 Å². The molecule has 0 spiro atoms. The van der Waals surface area contributed by atoms with Crippen LogP contribution in [0.5, 0.6) is 0 Å². The Hall–Kier alpha value is -5.76. The van der Waals surface area contributed by atoms with Crippen molar-refractivity contribution in [2.24, 2.45) is 0 Å². The summed E-state index contributed by atoms with van der Waals surface area (Å²) in [6.45, 7) is 1.75. The van der Waals surface area contributed by atoms with Crippen molar-refractivity contribution >= 4 is 28.3 Å². The van der Waals surface area contributed by atoms with Gasteiger partial charge in [-0.15, -0.1) is 4.52 Å². The standard InChI is InChI=1S/C28H20N8O3/c1-17(32-27(37)23-24(29)34-35-14-6-13-30-26(23)35)25-33-21-10-5-7-18(11-12-19-15-39-16-31-19)22(21)28(38)36(25)20-8-3-2-4-9-20/h2-10,13-17H,1H3,(H3,29,32,34,37)/p+1. The molecule has 190 valence electrons. The molecule has 1 amide bonds. The molecule has 0 aliphatic heterocycles. The van der Waals surface area contributed by atoms with Crippen LogP contribution in [0, 0.1) is 11.8 Å². The van der Waals surface area contributed by atoms with Crippen molar-refractivity contribution in [2.75, 3.05) is 5.73 Å². The van der Waals surface area contributed by atoms with E-state index in [0.29, 0.717) is 39.3 Å². The lowest BCUT2D eigenvalue weighted by molar-refractivity contribution is -0.577. The van der Waals surface area contributed by atoms with E-state index in [1.165, 1.54) is 17.2 Å². The van der Waals surface area contributed by atoms with Crippen LogP contribution in [0.25, 0.3) is 22.2 Å². The highest BCUT2D eigenvalue weighted by Gasteiger charge is 2.27. The van der Waals surface area contributed by atoms with E-state index in [1.807, 2.05) is 18.2 Å². The van der Waals surface area contributed by atoms with Crippen molar-refractivity contribution in [2.45, 2.75) is 13.0 Å². The number of carbonyl (C=O) groups is 1. The Labute approximate surface area is 221 Å². The Morgan fingerprint density at radius 3 is 2.77 bits per heavy atom. The quantitative estimate of drug-likeness (QED) is 0.240. The zero-order valence-electron chi connectivity index (χ0n) is 20.6. The van der Waals surface area contributed by atoms with E-state index in [4.69, 9.17) is 15.1 Å². The van der Waals surface area contributed by atoms with Gasteiger partial charge in [0.1, 0.15) is 24.5 Å². The molecule has 4 aromatic heterocycles. The van der Waals surface area contributed by atoms with Crippen molar-refractivity contribution in [1.82, 2.24) is 29.9 Å². The summed E-state index contributed by atoms with van der Waals surface area (Å²) in [4.78, 5) is 40.5. The van der Waals surface area contributed by atoms with E-state index in [-0.39, 0.29) is 16.9 Å². The highest BCUT2D eigenvalue weighted by molar-refractivity contribution is 6.03. The van der Waals surface area contributed by atoms with Gasteiger partial charge in [-0.2, -0.15) is 0 Å². The minimum Gasteiger partial charge on any atom is -0.450 e. The highest BCUT2D eigenvalue weighted by Crippen LogP contribution is 2.21. The van der Waals surface area contributed by atoms with Crippen LogP contribution in [0.2, 0.25) is 0 Å². The van der Waals surface area contributed by atoms with Crippen molar-refractivity contribution in [3.05, 3.63) is 113 Å². The first-order chi connectivity index (χ1) is 19.0. The van der Waals surface area contributed by atoms with Crippen molar-refractivity contribution in [1.29, 1.82) is 0 Å². The Morgan fingerprint density at radius 1 is 1.13 bits per heavy atom. The maximum absolute atomic E-state index is 14.0. The highest BCUT2D eigenvalue weighted by atomic mass is 16.3. The van der Waals surface area contributed by atoms with Crippen LogP contribution in [-0.2, 0) is 0 Å². The SMILES string of the molecule is CC(NC(=O)c1c(N)[nH][n+]2cccnc12)c1nc2cccc(C#Cc3cocn3)c2c(=O)n1-c1ccccc1. The number of oxazole rings is 1. The number of H-pyrrole nitrogens is 1. The van der Waals surface area contributed by atoms with Crippen molar-refractivity contribution < 1.29 is 13.7 Å². The number of nitrogens with two attached hydrogens (primary N) is 1. The number of rotatable bonds is 4. The first-order valence-corrected chi connectivity index (χ1v) is 12.0. The van der Waals surface area contributed by atoms with Gasteiger partial charge in [0.05, 0.1) is 22.6 Å². The monoisotopic (exact) mass is 517 g/mol. The summed E-state index contributed by atoms with van der Waals surface area (Å²) in [7, 11) is 0. The van der Waals surface area contributed by atoms with Crippen LogP contribution in [0.4, 0.5) is 5.82 Å². The number of para-hydroxylation sites is 1. The molecule has 0 saturated heterocycles. The molecule has 6 rings (SSSR count). The molecule has 0 aliphatic rings. The van der Waals surface area contributed by atoms with Gasteiger partial charge in [0.15, 0.2) is 23.5 Å². The van der Waals surface area contributed by atoms with Crippen LogP contribution < -0.4 is 21.1 Å². The number of aromatic nitrogens is 6. The molecule has 0 saturated carbocycles. The number of hydrogen-bond donors (Lipinski definition) is 3. The van der Waals surface area contributed by atoms with Gasteiger partial charge in [-0.3, -0.25) is 14.2 Å². The minimum absolute atomic E-state index is 0.167. The number of aromatic amines is 1. The molecular weight excluding hydrogens is 496 g/mol. The average Bonchev–Trinajstić information content (AvgIpc) is 3.59. The largest absolute Gasteiger partial charge is 0.450 e. The fourth-order valence-corrected chi connectivity index (χ4v) is 4.38. The summed E-state index contributed by atoms with van der Waals surface area (Å²) >= 11 is 0. The molecule has 0 radical (unpaired) electrons. The molecule has 0 fully saturated rings. The van der Waals surface area contributed by atoms with E-state index in [1.54, 1.807) is 60.2 Å². The van der Waals surface area contributed by atoms with E-state index in [0.717, 1.165) is 0 Å². The summed E-state index contributed by atoms with van der Waals surface area (Å²) in [6.07, 6.45) is 6.00. The maximum atomic E-state index is 14.0. The Bertz CT molecular complexity index is 1970. The predicted molar refractivity (Wildman–Crippen MR) is 142 cm³/mol. The molecule has 4 heterocycles. The molecule has 0 bridgehead atoms. The van der Waals surface area contributed by atoms with Gasteiger partial charge < -0.3 is 15.5 Å². The Kier molecular flexibility index (Phi) is 5.82. The number of amides is 1. The molecule has 1 atom stereocenters. The average molecular weight is 518 g/mol. The van der Waals surface area contributed by atoms with Crippen molar-refractivity contribution in [3.63, 3.8) is 0 Å². The number of nitrogen functional groups attached to an aromatic ring is 1. The predicted octanol–water partition coefficient (Wildman–Crippen LogP) is 2.31. The summed E-state index contributed by atoms with van der Waals surface area (Å²) in [6, 6.07) is 15.4. The minimum atomic E-state index is -0.683. The lowest BCUT2D eigenvalue weighted by Crippen LogP contribution is -2.34. The maximum Gasteiger partial charge on any atom is 0.362 e. The Balaban J connectivity index is 1.48. The smallest absolute Gasteiger partial charge is 0.362 e. The number of carbonyl (C=O) groups excluding carboxylic acids is 1. The topological polar surface area (TPSA) is 149 Å². The third-order valence-corrected chi connectivity index (χ3v) is 6.14. The molecule has 0 aliphatic carbocycles. The molecular formula is C28H21N8O3+. The van der Waals surface area contributed by atoms with Crippen LogP contribution in [0.3, 0.4) is 0 Å². The van der Waals surface area contributed by atoms with Gasteiger partial charge in [-0.25, -0.2) is 15.1 Å². The lowest BCUT2D eigenvalue weighted by Gasteiger charge is -2.19. The van der Waals surface area contributed by atoms with E-state index in [2.05, 4.69) is 32.2 Å². The number of fused-ring (bicyclic) bond motifs is 2. The number of benzene rings is 2. The van der Waals surface area contributed by atoms with Gasteiger partial charge in [0, 0.05) is 11.6 Å². The van der Waals surface area contributed by atoms with Crippen LogP contribution in [0.15, 0.2) is 88.9 Å². The normalized spacial score (nSPS) is 11.7. The fraction of sp³-hybridized carbons (Fsp3) is 0.0714. The van der Waals surface area contributed by atoms with Gasteiger partial charge in [-0.05, 0) is 42.1 Å². The Morgan fingerprint density at radius 2 is 1.97 bits per heavy atom. The van der Waals surface area contributed by atoms with Gasteiger partial charge in [-0.1, -0.05) is 30.2 Å². The summed E-state index contributed by atoms with van der Waals surface area (Å²) in [5, 5.41) is 6.18. The first-order valence-electron chi connectivity index (χ1n) is 12.0. The van der Waals surface area contributed by atoms with E-state index >= 15 is 0 Å².